The molecule has 3 unspecified atom stereocenters. The summed E-state index contributed by atoms with van der Waals surface area (Å²) in [6.07, 6.45) is 3.50. The number of hydrogen-bond donors (Lipinski definition) is 0. The summed E-state index contributed by atoms with van der Waals surface area (Å²) in [5.41, 5.74) is 0.619. The fourth-order valence-corrected chi connectivity index (χ4v) is 2.03. The Morgan fingerprint density at radius 1 is 1.45 bits per heavy atom. The summed E-state index contributed by atoms with van der Waals surface area (Å²) >= 11 is 0. The molecule has 0 N–H and O–H groups in total. The van der Waals surface area contributed by atoms with E-state index >= 15 is 0 Å². The topological polar surface area (TPSA) is 0 Å². The summed E-state index contributed by atoms with van der Waals surface area (Å²) < 4.78 is 0. The minimum atomic E-state index is 0.619. The van der Waals surface area contributed by atoms with E-state index in [-0.39, 0.29) is 0 Å². The highest BCUT2D eigenvalue weighted by Gasteiger charge is 2.53. The molecular weight excluding hydrogens is 132 g/mol. The molecule has 0 bridgehead atoms. The van der Waals surface area contributed by atoms with Crippen LogP contribution < -0.4 is 0 Å². The molecular formula is C11H20. The van der Waals surface area contributed by atoms with Crippen LogP contribution in [0.2, 0.25) is 0 Å². The molecule has 0 aromatic carbocycles. The number of rotatable bonds is 3. The van der Waals surface area contributed by atoms with Crippen molar-refractivity contribution in [2.24, 2.45) is 23.2 Å². The lowest BCUT2D eigenvalue weighted by Crippen LogP contribution is -2.10. The van der Waals surface area contributed by atoms with E-state index in [9.17, 15) is 0 Å². The van der Waals surface area contributed by atoms with Crippen LogP contribution in [-0.4, -0.2) is 0 Å². The van der Waals surface area contributed by atoms with E-state index in [1.54, 1.807) is 0 Å². The monoisotopic (exact) mass is 152 g/mol. The summed E-state index contributed by atoms with van der Waals surface area (Å²) in [6, 6.07) is 0. The van der Waals surface area contributed by atoms with Gasteiger partial charge in [0.2, 0.25) is 0 Å². The van der Waals surface area contributed by atoms with Crippen molar-refractivity contribution < 1.29 is 0 Å². The normalized spacial score (nSPS) is 38.8. The van der Waals surface area contributed by atoms with Crippen molar-refractivity contribution in [2.45, 2.75) is 34.1 Å². The van der Waals surface area contributed by atoms with Crippen LogP contribution in [0.15, 0.2) is 12.7 Å². The van der Waals surface area contributed by atoms with Gasteiger partial charge in [-0.3, -0.25) is 0 Å². The lowest BCUT2D eigenvalue weighted by Gasteiger charge is -2.17. The van der Waals surface area contributed by atoms with Crippen LogP contribution in [-0.2, 0) is 0 Å². The Labute approximate surface area is 70.7 Å². The first kappa shape index (κ1) is 8.83. The zero-order chi connectivity index (χ0) is 8.65. The maximum atomic E-state index is 3.85. The van der Waals surface area contributed by atoms with Crippen molar-refractivity contribution in [3.63, 3.8) is 0 Å². The van der Waals surface area contributed by atoms with Crippen molar-refractivity contribution in [3.8, 4) is 0 Å². The Morgan fingerprint density at radius 3 is 2.27 bits per heavy atom. The third-order valence-corrected chi connectivity index (χ3v) is 3.67. The van der Waals surface area contributed by atoms with E-state index in [2.05, 4.69) is 40.3 Å². The fourth-order valence-electron chi connectivity index (χ4n) is 2.03. The molecule has 0 aromatic rings. The molecule has 0 radical (unpaired) electrons. The van der Waals surface area contributed by atoms with Gasteiger partial charge in [-0.25, -0.2) is 0 Å². The summed E-state index contributed by atoms with van der Waals surface area (Å²) in [5.74, 6) is 2.44. The van der Waals surface area contributed by atoms with Crippen LogP contribution >= 0.6 is 0 Å². The molecule has 1 rings (SSSR count). The van der Waals surface area contributed by atoms with E-state index in [0.717, 1.165) is 11.8 Å². The van der Waals surface area contributed by atoms with Crippen LogP contribution in [0.4, 0.5) is 0 Å². The van der Waals surface area contributed by atoms with E-state index in [4.69, 9.17) is 0 Å². The van der Waals surface area contributed by atoms with Crippen molar-refractivity contribution in [1.82, 2.24) is 0 Å². The molecule has 0 heterocycles. The minimum absolute atomic E-state index is 0.619. The molecule has 0 heteroatoms. The molecule has 0 spiro atoms. The molecule has 1 saturated carbocycles. The molecule has 1 fully saturated rings. The largest absolute Gasteiger partial charge is 0.103 e. The summed E-state index contributed by atoms with van der Waals surface area (Å²) in [6.45, 7) is 13.2. The summed E-state index contributed by atoms with van der Waals surface area (Å²) in [5, 5.41) is 0. The first-order valence-corrected chi connectivity index (χ1v) is 4.65. The van der Waals surface area contributed by atoms with E-state index in [0.29, 0.717) is 11.3 Å². The first-order chi connectivity index (χ1) is 5.02. The predicted molar refractivity (Wildman–Crippen MR) is 50.4 cm³/mol. The molecule has 0 aliphatic heterocycles. The highest BCUT2D eigenvalue weighted by atomic mass is 14.6. The Balaban J connectivity index is 2.52. The second-order valence-corrected chi connectivity index (χ2v) is 4.57. The van der Waals surface area contributed by atoms with Crippen molar-refractivity contribution in [2.75, 3.05) is 0 Å². The molecule has 11 heavy (non-hydrogen) atoms. The van der Waals surface area contributed by atoms with Crippen LogP contribution in [0.5, 0.6) is 0 Å². The molecule has 0 amide bonds. The first-order valence-electron chi connectivity index (χ1n) is 4.65. The number of hydrogen-bond acceptors (Lipinski definition) is 0. The second kappa shape index (κ2) is 2.66. The predicted octanol–water partition coefficient (Wildman–Crippen LogP) is 3.49. The van der Waals surface area contributed by atoms with Gasteiger partial charge in [0.15, 0.2) is 0 Å². The molecule has 1 aliphatic carbocycles. The van der Waals surface area contributed by atoms with Gasteiger partial charge in [-0.05, 0) is 29.6 Å². The van der Waals surface area contributed by atoms with Gasteiger partial charge in [-0.2, -0.15) is 0 Å². The van der Waals surface area contributed by atoms with Crippen LogP contribution in [0.3, 0.4) is 0 Å². The van der Waals surface area contributed by atoms with Gasteiger partial charge < -0.3 is 0 Å². The minimum Gasteiger partial charge on any atom is -0.103 e. The van der Waals surface area contributed by atoms with Gasteiger partial charge in [0.1, 0.15) is 0 Å². The third kappa shape index (κ3) is 1.36. The highest BCUT2D eigenvalue weighted by molar-refractivity contribution is 5.05. The molecule has 3 atom stereocenters. The van der Waals surface area contributed by atoms with Crippen molar-refractivity contribution in [1.29, 1.82) is 0 Å². The zero-order valence-corrected chi connectivity index (χ0v) is 8.22. The molecule has 0 aromatic heterocycles. The maximum absolute atomic E-state index is 3.85. The molecule has 1 aliphatic rings. The standard InChI is InChI=1S/C11H20/c1-6-9(4)10-7-11(10,5)8(2)3/h6,8-10H,1,7H2,2-5H3. The SMILES string of the molecule is C=CC(C)C1CC1(C)C(C)C. The van der Waals surface area contributed by atoms with Crippen LogP contribution in [0, 0.1) is 23.2 Å². The third-order valence-electron chi connectivity index (χ3n) is 3.67. The second-order valence-electron chi connectivity index (χ2n) is 4.57. The highest BCUT2D eigenvalue weighted by Crippen LogP contribution is 2.60. The molecule has 0 saturated heterocycles. The van der Waals surface area contributed by atoms with Crippen LogP contribution in [0.1, 0.15) is 34.1 Å². The lowest BCUT2D eigenvalue weighted by molar-refractivity contribution is 0.333. The maximum Gasteiger partial charge on any atom is -0.0231 e. The average molecular weight is 152 g/mol. The summed E-state index contributed by atoms with van der Waals surface area (Å²) in [4.78, 5) is 0. The quantitative estimate of drug-likeness (QED) is 0.543. The van der Waals surface area contributed by atoms with Crippen molar-refractivity contribution >= 4 is 0 Å². The van der Waals surface area contributed by atoms with Gasteiger partial charge in [0.25, 0.3) is 0 Å². The summed E-state index contributed by atoms with van der Waals surface area (Å²) in [7, 11) is 0. The zero-order valence-electron chi connectivity index (χ0n) is 8.22. The van der Waals surface area contributed by atoms with Gasteiger partial charge in [0.05, 0.1) is 0 Å². The molecule has 64 valence electrons. The Morgan fingerprint density at radius 2 is 2.00 bits per heavy atom. The van der Waals surface area contributed by atoms with Gasteiger partial charge in [-0.1, -0.05) is 33.8 Å². The van der Waals surface area contributed by atoms with Gasteiger partial charge in [0, 0.05) is 0 Å². The van der Waals surface area contributed by atoms with E-state index in [1.807, 2.05) is 0 Å². The number of allylic oxidation sites excluding steroid dienone is 1. The Hall–Kier alpha value is -0.260. The van der Waals surface area contributed by atoms with E-state index < -0.39 is 0 Å². The molecule has 0 nitrogen and oxygen atoms in total. The smallest absolute Gasteiger partial charge is 0.0231 e. The van der Waals surface area contributed by atoms with Crippen LogP contribution in [0.25, 0.3) is 0 Å². The lowest BCUT2D eigenvalue weighted by atomic mass is 9.88. The van der Waals surface area contributed by atoms with Gasteiger partial charge in [-0.15, -0.1) is 6.58 Å². The Bertz CT molecular complexity index is 157. The average Bonchev–Trinajstić information content (AvgIpc) is 2.63. The Kier molecular flexibility index (Phi) is 2.13. The fraction of sp³-hybridized carbons (Fsp3) is 0.818. The van der Waals surface area contributed by atoms with E-state index in [1.165, 1.54) is 6.42 Å². The van der Waals surface area contributed by atoms with Crippen molar-refractivity contribution in [3.05, 3.63) is 12.7 Å². The van der Waals surface area contributed by atoms with Gasteiger partial charge >= 0.3 is 0 Å².